The van der Waals surface area contributed by atoms with Gasteiger partial charge in [-0.1, -0.05) is 6.07 Å². The first-order valence-electron chi connectivity index (χ1n) is 5.96. The summed E-state index contributed by atoms with van der Waals surface area (Å²) < 4.78 is 0. The fraction of sp³-hybridized carbons (Fsp3) is 0.385. The molecular weight excluding hydrogens is 230 g/mol. The lowest BCUT2D eigenvalue weighted by Crippen LogP contribution is -2.48. The van der Waals surface area contributed by atoms with Crippen molar-refractivity contribution in [3.63, 3.8) is 0 Å². The molecule has 2 amide bonds. The predicted octanol–water partition coefficient (Wildman–Crippen LogP) is 1.11. The highest BCUT2D eigenvalue weighted by atomic mass is 16.2. The molecular formula is C13H17N3O2. The van der Waals surface area contributed by atoms with E-state index < -0.39 is 0 Å². The number of aryl methyl sites for hydroxylation is 1. The highest BCUT2D eigenvalue weighted by Crippen LogP contribution is 2.21. The van der Waals surface area contributed by atoms with Crippen LogP contribution in [0.1, 0.15) is 12.5 Å². The van der Waals surface area contributed by atoms with Gasteiger partial charge in [0.1, 0.15) is 0 Å². The minimum Gasteiger partial charge on any atom is -0.326 e. The molecule has 3 N–H and O–H groups in total. The largest absolute Gasteiger partial charge is 0.326 e. The summed E-state index contributed by atoms with van der Waals surface area (Å²) in [4.78, 5) is 22.8. The van der Waals surface area contributed by atoms with E-state index in [1.54, 1.807) is 6.07 Å². The third-order valence-electron chi connectivity index (χ3n) is 2.97. The van der Waals surface area contributed by atoms with E-state index in [9.17, 15) is 9.59 Å². The molecule has 0 atom stereocenters. The second-order valence-electron chi connectivity index (χ2n) is 4.56. The second-order valence-corrected chi connectivity index (χ2v) is 4.56. The standard InChI is InChI=1S/C13H17N3O2/c1-8-3-4-11(5-12(8)15-9(2)17)16-13(18)10-6-14-7-10/h3-5,10,14H,6-7H2,1-2H3,(H,15,17)(H,16,18). The summed E-state index contributed by atoms with van der Waals surface area (Å²) in [6.07, 6.45) is 0. The highest BCUT2D eigenvalue weighted by molar-refractivity contribution is 5.95. The fourth-order valence-corrected chi connectivity index (χ4v) is 1.74. The van der Waals surface area contributed by atoms with E-state index in [4.69, 9.17) is 0 Å². The number of nitrogens with one attached hydrogen (secondary N) is 3. The maximum absolute atomic E-state index is 11.8. The molecule has 1 fully saturated rings. The van der Waals surface area contributed by atoms with E-state index in [1.165, 1.54) is 6.92 Å². The average Bonchev–Trinajstić information content (AvgIpc) is 2.19. The summed E-state index contributed by atoms with van der Waals surface area (Å²) >= 11 is 0. The molecule has 0 bridgehead atoms. The molecule has 96 valence electrons. The first-order valence-corrected chi connectivity index (χ1v) is 5.96. The Bertz CT molecular complexity index is 481. The Balaban J connectivity index is 2.08. The van der Waals surface area contributed by atoms with Gasteiger partial charge in [-0.3, -0.25) is 9.59 Å². The van der Waals surface area contributed by atoms with Gasteiger partial charge in [0.25, 0.3) is 0 Å². The zero-order valence-electron chi connectivity index (χ0n) is 10.5. The van der Waals surface area contributed by atoms with Gasteiger partial charge in [-0.25, -0.2) is 0 Å². The summed E-state index contributed by atoms with van der Waals surface area (Å²) in [6.45, 7) is 4.84. The number of rotatable bonds is 3. The van der Waals surface area contributed by atoms with Crippen LogP contribution < -0.4 is 16.0 Å². The molecule has 18 heavy (non-hydrogen) atoms. The van der Waals surface area contributed by atoms with Crippen LogP contribution in [-0.4, -0.2) is 24.9 Å². The van der Waals surface area contributed by atoms with Crippen molar-refractivity contribution < 1.29 is 9.59 Å². The van der Waals surface area contributed by atoms with Crippen LogP contribution in [0.5, 0.6) is 0 Å². The first kappa shape index (κ1) is 12.6. The summed E-state index contributed by atoms with van der Waals surface area (Å²) in [7, 11) is 0. The Morgan fingerprint density at radius 1 is 1.28 bits per heavy atom. The monoisotopic (exact) mass is 247 g/mol. The number of hydrogen-bond donors (Lipinski definition) is 3. The molecule has 1 saturated heterocycles. The molecule has 1 aliphatic heterocycles. The quantitative estimate of drug-likeness (QED) is 0.749. The van der Waals surface area contributed by atoms with E-state index >= 15 is 0 Å². The smallest absolute Gasteiger partial charge is 0.230 e. The molecule has 1 heterocycles. The van der Waals surface area contributed by atoms with Crippen molar-refractivity contribution in [3.05, 3.63) is 23.8 Å². The molecule has 0 spiro atoms. The van der Waals surface area contributed by atoms with Gasteiger partial charge >= 0.3 is 0 Å². The van der Waals surface area contributed by atoms with Gasteiger partial charge in [-0.05, 0) is 24.6 Å². The van der Waals surface area contributed by atoms with Crippen LogP contribution in [0.4, 0.5) is 11.4 Å². The van der Waals surface area contributed by atoms with Crippen molar-refractivity contribution in [2.24, 2.45) is 5.92 Å². The van der Waals surface area contributed by atoms with E-state index in [0.29, 0.717) is 5.69 Å². The molecule has 1 aromatic rings. The van der Waals surface area contributed by atoms with Gasteiger partial charge < -0.3 is 16.0 Å². The lowest BCUT2D eigenvalue weighted by molar-refractivity contribution is -0.121. The number of amides is 2. The zero-order chi connectivity index (χ0) is 13.1. The van der Waals surface area contributed by atoms with Crippen LogP contribution >= 0.6 is 0 Å². The van der Waals surface area contributed by atoms with Gasteiger partial charge in [0.15, 0.2) is 0 Å². The van der Waals surface area contributed by atoms with Crippen molar-refractivity contribution in [1.29, 1.82) is 0 Å². The Morgan fingerprint density at radius 2 is 2.00 bits per heavy atom. The van der Waals surface area contributed by atoms with E-state index in [2.05, 4.69) is 16.0 Å². The van der Waals surface area contributed by atoms with Gasteiger partial charge in [0, 0.05) is 31.4 Å². The molecule has 0 unspecified atom stereocenters. The minimum absolute atomic E-state index is 0.0198. The Hall–Kier alpha value is -1.88. The van der Waals surface area contributed by atoms with Crippen molar-refractivity contribution in [1.82, 2.24) is 5.32 Å². The molecule has 0 aliphatic carbocycles. The Morgan fingerprint density at radius 3 is 2.56 bits per heavy atom. The highest BCUT2D eigenvalue weighted by Gasteiger charge is 2.24. The van der Waals surface area contributed by atoms with Crippen molar-refractivity contribution in [2.45, 2.75) is 13.8 Å². The Kier molecular flexibility index (Phi) is 3.62. The topological polar surface area (TPSA) is 70.2 Å². The number of anilines is 2. The average molecular weight is 247 g/mol. The molecule has 5 nitrogen and oxygen atoms in total. The normalized spacial score (nSPS) is 14.8. The van der Waals surface area contributed by atoms with Crippen LogP contribution in [-0.2, 0) is 9.59 Å². The number of carbonyl (C=O) groups is 2. The van der Waals surface area contributed by atoms with Crippen molar-refractivity contribution in [2.75, 3.05) is 23.7 Å². The fourth-order valence-electron chi connectivity index (χ4n) is 1.74. The van der Waals surface area contributed by atoms with Gasteiger partial charge in [0.2, 0.25) is 11.8 Å². The van der Waals surface area contributed by atoms with Gasteiger partial charge in [-0.2, -0.15) is 0 Å². The third-order valence-corrected chi connectivity index (χ3v) is 2.97. The summed E-state index contributed by atoms with van der Waals surface area (Å²) in [5.41, 5.74) is 2.40. The summed E-state index contributed by atoms with van der Waals surface area (Å²) in [5, 5.41) is 8.65. The first-order chi connectivity index (χ1) is 8.56. The Labute approximate surface area is 106 Å². The van der Waals surface area contributed by atoms with Crippen LogP contribution in [0.2, 0.25) is 0 Å². The molecule has 1 aliphatic rings. The predicted molar refractivity (Wildman–Crippen MR) is 70.5 cm³/mol. The lowest BCUT2D eigenvalue weighted by Gasteiger charge is -2.25. The summed E-state index contributed by atoms with van der Waals surface area (Å²) in [6, 6.07) is 5.49. The number of benzene rings is 1. The SMILES string of the molecule is CC(=O)Nc1cc(NC(=O)C2CNC2)ccc1C. The van der Waals surface area contributed by atoms with Gasteiger partial charge in [-0.15, -0.1) is 0 Å². The number of carbonyl (C=O) groups excluding carboxylic acids is 2. The van der Waals surface area contributed by atoms with E-state index in [-0.39, 0.29) is 17.7 Å². The van der Waals surface area contributed by atoms with Crippen LogP contribution in [0.3, 0.4) is 0 Å². The molecule has 0 radical (unpaired) electrons. The van der Waals surface area contributed by atoms with E-state index in [0.717, 1.165) is 24.3 Å². The van der Waals surface area contributed by atoms with E-state index in [1.807, 2.05) is 19.1 Å². The minimum atomic E-state index is -0.121. The molecule has 0 saturated carbocycles. The maximum Gasteiger partial charge on any atom is 0.230 e. The van der Waals surface area contributed by atoms with Gasteiger partial charge in [0.05, 0.1) is 5.92 Å². The number of hydrogen-bond acceptors (Lipinski definition) is 3. The third kappa shape index (κ3) is 2.87. The van der Waals surface area contributed by atoms with Crippen LogP contribution in [0.25, 0.3) is 0 Å². The van der Waals surface area contributed by atoms with Crippen LogP contribution in [0.15, 0.2) is 18.2 Å². The van der Waals surface area contributed by atoms with Crippen molar-refractivity contribution >= 4 is 23.2 Å². The lowest BCUT2D eigenvalue weighted by atomic mass is 10.0. The molecule has 1 aromatic carbocycles. The molecule has 0 aromatic heterocycles. The summed E-state index contributed by atoms with van der Waals surface area (Å²) in [5.74, 6) is -0.0494. The van der Waals surface area contributed by atoms with Crippen molar-refractivity contribution in [3.8, 4) is 0 Å². The molecule has 2 rings (SSSR count). The molecule has 5 heteroatoms. The maximum atomic E-state index is 11.8. The van der Waals surface area contributed by atoms with Crippen LogP contribution in [0, 0.1) is 12.8 Å². The second kappa shape index (κ2) is 5.18. The zero-order valence-corrected chi connectivity index (χ0v) is 10.5.